The lowest BCUT2D eigenvalue weighted by atomic mass is 9.57. The maximum Gasteiger partial charge on any atom is 0.220 e. The van der Waals surface area contributed by atoms with Gasteiger partial charge in [0.15, 0.2) is 0 Å². The summed E-state index contributed by atoms with van der Waals surface area (Å²) in [6, 6.07) is 5.90. The van der Waals surface area contributed by atoms with Gasteiger partial charge in [-0.2, -0.15) is 0 Å². The van der Waals surface area contributed by atoms with E-state index in [2.05, 4.69) is 20.3 Å². The summed E-state index contributed by atoms with van der Waals surface area (Å²) in [7, 11) is 1.73. The van der Waals surface area contributed by atoms with Crippen LogP contribution in [0.4, 0.5) is 5.69 Å². The fraction of sp³-hybridized carbons (Fsp3) is 0.613. The second-order valence-corrected chi connectivity index (χ2v) is 10.5. The zero-order chi connectivity index (χ0) is 28.7. The number of aryl methyl sites for hydroxylation is 1. The Hall–Kier alpha value is -3.00. The van der Waals surface area contributed by atoms with Crippen LogP contribution in [0.3, 0.4) is 0 Å². The lowest BCUT2D eigenvalue weighted by Crippen LogP contribution is -2.49. The molecule has 1 aliphatic carbocycles. The third-order valence-corrected chi connectivity index (χ3v) is 7.73. The molecule has 8 heteroatoms. The minimum atomic E-state index is -0.0980. The Balaban J connectivity index is 0.000000315. The van der Waals surface area contributed by atoms with Gasteiger partial charge >= 0.3 is 0 Å². The van der Waals surface area contributed by atoms with Crippen molar-refractivity contribution in [2.45, 2.75) is 91.4 Å². The molecule has 216 valence electrons. The number of piperidine rings is 1. The second-order valence-electron chi connectivity index (χ2n) is 10.5. The van der Waals surface area contributed by atoms with Crippen LogP contribution in [0.25, 0.3) is 11.3 Å². The number of aromatic amines is 1. The highest BCUT2D eigenvalue weighted by atomic mass is 16.1. The van der Waals surface area contributed by atoms with Crippen LogP contribution < -0.4 is 16.8 Å². The number of ketones is 1. The first kappa shape index (κ1) is 32.2. The first-order valence-corrected chi connectivity index (χ1v) is 14.7. The Morgan fingerprint density at radius 3 is 2.46 bits per heavy atom. The quantitative estimate of drug-likeness (QED) is 0.171. The number of Topliss-reactive ketones (excluding diaryl/α,β-unsaturated/α-hetero) is 1. The van der Waals surface area contributed by atoms with Crippen LogP contribution in [0.5, 0.6) is 0 Å². The number of aliphatic imine (C=N–C) groups is 1. The number of hydrogen-bond donors (Lipinski definition) is 4. The van der Waals surface area contributed by atoms with E-state index in [1.807, 2.05) is 45.2 Å². The molecule has 1 aromatic carbocycles. The van der Waals surface area contributed by atoms with E-state index in [0.717, 1.165) is 92.8 Å². The summed E-state index contributed by atoms with van der Waals surface area (Å²) in [6.45, 7) is 8.16. The number of nitrogen functional groups attached to an aromatic ring is 1. The molecule has 2 heterocycles. The van der Waals surface area contributed by atoms with Gasteiger partial charge in [-0.25, -0.2) is 4.98 Å². The van der Waals surface area contributed by atoms with E-state index < -0.39 is 0 Å². The molecule has 1 amide bonds. The van der Waals surface area contributed by atoms with Gasteiger partial charge < -0.3 is 21.8 Å². The number of primary amides is 1. The van der Waals surface area contributed by atoms with Crippen molar-refractivity contribution in [1.82, 2.24) is 15.3 Å². The molecule has 0 atom stereocenters. The average Bonchev–Trinajstić information content (AvgIpc) is 3.41. The van der Waals surface area contributed by atoms with Gasteiger partial charge in [0.25, 0.3) is 0 Å². The zero-order valence-corrected chi connectivity index (χ0v) is 24.5. The molecular formula is C31H50N6O2. The van der Waals surface area contributed by atoms with E-state index in [0.29, 0.717) is 17.6 Å². The Morgan fingerprint density at radius 2 is 1.82 bits per heavy atom. The number of rotatable bonds is 11. The van der Waals surface area contributed by atoms with Crippen molar-refractivity contribution in [3.8, 4) is 11.3 Å². The molecule has 0 unspecified atom stereocenters. The van der Waals surface area contributed by atoms with Crippen molar-refractivity contribution in [3.05, 3.63) is 35.8 Å². The summed E-state index contributed by atoms with van der Waals surface area (Å²) in [5.41, 5.74) is 15.4. The van der Waals surface area contributed by atoms with Gasteiger partial charge in [0.2, 0.25) is 5.91 Å². The minimum Gasteiger partial charge on any atom is -0.398 e. The highest BCUT2D eigenvalue weighted by Crippen LogP contribution is 2.51. The molecule has 1 saturated carbocycles. The maximum atomic E-state index is 11.3. The number of carbonyl (C=O) groups is 2. The molecular weight excluding hydrogens is 488 g/mol. The average molecular weight is 539 g/mol. The Bertz CT molecular complexity index is 1050. The highest BCUT2D eigenvalue weighted by Gasteiger charge is 2.46. The van der Waals surface area contributed by atoms with Gasteiger partial charge in [-0.15, -0.1) is 0 Å². The van der Waals surface area contributed by atoms with Crippen molar-refractivity contribution in [2.24, 2.45) is 22.1 Å². The summed E-state index contributed by atoms with van der Waals surface area (Å²) in [4.78, 5) is 34.0. The number of nitrogens with one attached hydrogen (secondary N) is 2. The van der Waals surface area contributed by atoms with E-state index in [1.165, 1.54) is 12.8 Å². The number of carbonyl (C=O) groups excluding carboxylic acids is 2. The molecule has 0 bridgehead atoms. The Kier molecular flexibility index (Phi) is 13.9. The number of imidazole rings is 1. The summed E-state index contributed by atoms with van der Waals surface area (Å²) >= 11 is 0. The van der Waals surface area contributed by atoms with Crippen LogP contribution in [-0.4, -0.2) is 48.0 Å². The number of hydrogen-bond acceptors (Lipinski definition) is 6. The first-order valence-electron chi connectivity index (χ1n) is 14.7. The molecule has 4 rings (SSSR count). The van der Waals surface area contributed by atoms with Crippen LogP contribution in [0, 0.1) is 11.3 Å². The van der Waals surface area contributed by atoms with Crippen LogP contribution in [0.15, 0.2) is 29.4 Å². The van der Waals surface area contributed by atoms with Crippen molar-refractivity contribution in [2.75, 3.05) is 25.9 Å². The van der Waals surface area contributed by atoms with E-state index in [1.54, 1.807) is 13.3 Å². The topological polar surface area (TPSA) is 139 Å². The van der Waals surface area contributed by atoms with Crippen molar-refractivity contribution >= 4 is 23.6 Å². The number of amides is 1. The molecule has 39 heavy (non-hydrogen) atoms. The lowest BCUT2D eigenvalue weighted by Gasteiger charge is -2.49. The van der Waals surface area contributed by atoms with Gasteiger partial charge in [0, 0.05) is 55.3 Å². The summed E-state index contributed by atoms with van der Waals surface area (Å²) < 4.78 is 0. The number of H-pyrrole nitrogens is 1. The molecule has 2 aromatic rings. The number of nitrogens with zero attached hydrogens (tertiary/aromatic N) is 2. The van der Waals surface area contributed by atoms with E-state index >= 15 is 0 Å². The second kappa shape index (κ2) is 16.9. The smallest absolute Gasteiger partial charge is 0.220 e. The number of unbranched alkanes of at least 4 members (excludes halogenated alkanes) is 3. The van der Waals surface area contributed by atoms with Gasteiger partial charge in [0.1, 0.15) is 11.6 Å². The summed E-state index contributed by atoms with van der Waals surface area (Å²) in [5, 5.41) is 3.34. The summed E-state index contributed by atoms with van der Waals surface area (Å²) in [6.07, 6.45) is 14.8. The molecule has 8 nitrogen and oxygen atoms in total. The van der Waals surface area contributed by atoms with Gasteiger partial charge in [-0.1, -0.05) is 39.7 Å². The zero-order valence-electron chi connectivity index (χ0n) is 24.5. The van der Waals surface area contributed by atoms with Crippen molar-refractivity contribution in [3.63, 3.8) is 0 Å². The van der Waals surface area contributed by atoms with Crippen LogP contribution in [0.2, 0.25) is 0 Å². The van der Waals surface area contributed by atoms with Crippen molar-refractivity contribution < 1.29 is 9.59 Å². The fourth-order valence-corrected chi connectivity index (χ4v) is 5.33. The number of aromatic nitrogens is 2. The predicted octanol–water partition coefficient (Wildman–Crippen LogP) is 5.46. The fourth-order valence-electron chi connectivity index (χ4n) is 5.33. The van der Waals surface area contributed by atoms with E-state index in [-0.39, 0.29) is 11.8 Å². The molecule has 0 radical (unpaired) electrons. The van der Waals surface area contributed by atoms with E-state index in [4.69, 9.17) is 11.5 Å². The minimum absolute atomic E-state index is 0.0980. The lowest BCUT2D eigenvalue weighted by molar-refractivity contribution is -0.130. The third-order valence-electron chi connectivity index (χ3n) is 7.73. The Morgan fingerprint density at radius 1 is 1.13 bits per heavy atom. The third kappa shape index (κ3) is 10.2. The molecule has 1 aromatic heterocycles. The number of nitrogens with two attached hydrogens (primary N) is 2. The van der Waals surface area contributed by atoms with Gasteiger partial charge in [-0.05, 0) is 69.2 Å². The maximum absolute atomic E-state index is 11.3. The van der Waals surface area contributed by atoms with Crippen molar-refractivity contribution in [1.29, 1.82) is 0 Å². The SMILES string of the molecule is CC.CCC(=O)CCCCCCc1ncc(-c2ccc(N)c(C=NC)c2)[nH]1.NC(=O)C1CC2(CCNCC2)C1. The van der Waals surface area contributed by atoms with Crippen LogP contribution in [0.1, 0.15) is 96.4 Å². The van der Waals surface area contributed by atoms with Gasteiger partial charge in [-0.3, -0.25) is 14.6 Å². The highest BCUT2D eigenvalue weighted by molar-refractivity contribution is 5.89. The first-order chi connectivity index (χ1) is 18.9. The van der Waals surface area contributed by atoms with Gasteiger partial charge in [0.05, 0.1) is 11.9 Å². The molecule has 1 saturated heterocycles. The number of benzene rings is 1. The Labute approximate surface area is 234 Å². The molecule has 1 spiro atoms. The number of anilines is 1. The molecule has 6 N–H and O–H groups in total. The molecule has 1 aliphatic heterocycles. The molecule has 2 fully saturated rings. The normalized spacial score (nSPS) is 16.1. The standard InChI is InChI=1S/C20H28N4O.C9H16N2O.C2H6/c1-3-17(25)8-6-4-5-7-9-20-23-14-19(24-20)15-10-11-18(21)16(12-15)13-22-2;10-8(12)7-5-9(6-7)1-3-11-4-2-9;1-2/h10-14H,3-9,21H2,1-2H3,(H,23,24);7,11H,1-6H2,(H2,10,12);1-2H3. The predicted molar refractivity (Wildman–Crippen MR) is 162 cm³/mol. The largest absolute Gasteiger partial charge is 0.398 e. The van der Waals surface area contributed by atoms with E-state index in [9.17, 15) is 9.59 Å². The summed E-state index contributed by atoms with van der Waals surface area (Å²) in [5.74, 6) is 1.45. The van der Waals surface area contributed by atoms with Crippen LogP contribution in [-0.2, 0) is 16.0 Å². The molecule has 2 aliphatic rings. The van der Waals surface area contributed by atoms with Crippen LogP contribution >= 0.6 is 0 Å². The monoisotopic (exact) mass is 538 g/mol.